The third-order valence-electron chi connectivity index (χ3n) is 3.02. The Morgan fingerprint density at radius 1 is 1.05 bits per heavy atom. The van der Waals surface area contributed by atoms with E-state index in [1.165, 1.54) is 0 Å². The van der Waals surface area contributed by atoms with Gasteiger partial charge in [-0.2, -0.15) is 0 Å². The van der Waals surface area contributed by atoms with Crippen molar-refractivity contribution in [3.63, 3.8) is 0 Å². The number of rotatable bonds is 5. The van der Waals surface area contributed by atoms with Crippen molar-refractivity contribution in [3.8, 4) is 0 Å². The van der Waals surface area contributed by atoms with Crippen LogP contribution in [0.3, 0.4) is 0 Å². The van der Waals surface area contributed by atoms with Crippen molar-refractivity contribution in [1.29, 1.82) is 0 Å². The Bertz CT molecular complexity index is 554. The highest BCUT2D eigenvalue weighted by Crippen LogP contribution is 2.09. The second-order valence-corrected chi connectivity index (χ2v) is 5.08. The van der Waals surface area contributed by atoms with Crippen LogP contribution in [0.4, 0.5) is 0 Å². The lowest BCUT2D eigenvalue weighted by atomic mass is 10.1. The highest BCUT2D eigenvalue weighted by atomic mass is 35.5. The van der Waals surface area contributed by atoms with Crippen molar-refractivity contribution in [2.24, 2.45) is 5.73 Å². The van der Waals surface area contributed by atoms with Gasteiger partial charge in [0.2, 0.25) is 5.91 Å². The molecule has 20 heavy (non-hydrogen) atoms. The van der Waals surface area contributed by atoms with Gasteiger partial charge in [0, 0.05) is 11.6 Å². The fourth-order valence-electron chi connectivity index (χ4n) is 1.88. The first-order chi connectivity index (χ1) is 9.65. The van der Waals surface area contributed by atoms with Crippen molar-refractivity contribution < 1.29 is 4.79 Å². The Morgan fingerprint density at radius 2 is 1.70 bits per heavy atom. The predicted octanol–water partition coefficient (Wildman–Crippen LogP) is 2.53. The van der Waals surface area contributed by atoms with Gasteiger partial charge in [0.1, 0.15) is 0 Å². The van der Waals surface area contributed by atoms with E-state index in [1.54, 1.807) is 12.1 Å². The number of amides is 1. The first-order valence-corrected chi connectivity index (χ1v) is 6.84. The number of hydrogen-bond acceptors (Lipinski definition) is 2. The second kappa shape index (κ2) is 7.08. The van der Waals surface area contributed by atoms with Gasteiger partial charge in [-0.1, -0.05) is 54.1 Å². The lowest BCUT2D eigenvalue weighted by molar-refractivity contribution is -0.122. The summed E-state index contributed by atoms with van der Waals surface area (Å²) in [6, 6.07) is 16.6. The number of benzene rings is 2. The molecule has 0 aliphatic carbocycles. The lowest BCUT2D eigenvalue weighted by Gasteiger charge is -2.12. The van der Waals surface area contributed by atoms with E-state index < -0.39 is 6.04 Å². The van der Waals surface area contributed by atoms with E-state index in [0.717, 1.165) is 11.1 Å². The Hall–Kier alpha value is -1.84. The van der Waals surface area contributed by atoms with E-state index >= 15 is 0 Å². The van der Waals surface area contributed by atoms with E-state index in [0.29, 0.717) is 18.0 Å². The van der Waals surface area contributed by atoms with Crippen molar-refractivity contribution in [3.05, 3.63) is 70.7 Å². The van der Waals surface area contributed by atoms with Gasteiger partial charge >= 0.3 is 0 Å². The molecule has 104 valence electrons. The molecule has 0 unspecified atom stereocenters. The maximum atomic E-state index is 11.9. The van der Waals surface area contributed by atoms with Crippen LogP contribution < -0.4 is 11.1 Å². The van der Waals surface area contributed by atoms with Crippen LogP contribution in [0.25, 0.3) is 0 Å². The molecule has 0 spiro atoms. The average molecular weight is 289 g/mol. The van der Waals surface area contributed by atoms with Crippen molar-refractivity contribution in [2.75, 3.05) is 0 Å². The van der Waals surface area contributed by atoms with Gasteiger partial charge in [0.25, 0.3) is 0 Å². The molecule has 0 heterocycles. The summed E-state index contributed by atoms with van der Waals surface area (Å²) in [4.78, 5) is 11.9. The van der Waals surface area contributed by atoms with Crippen LogP contribution in [0.15, 0.2) is 54.6 Å². The van der Waals surface area contributed by atoms with E-state index in [2.05, 4.69) is 5.32 Å². The minimum atomic E-state index is -0.537. The highest BCUT2D eigenvalue weighted by molar-refractivity contribution is 6.30. The van der Waals surface area contributed by atoms with Crippen LogP contribution in [0, 0.1) is 0 Å². The third-order valence-corrected chi connectivity index (χ3v) is 3.27. The molecule has 3 nitrogen and oxygen atoms in total. The highest BCUT2D eigenvalue weighted by Gasteiger charge is 2.13. The molecule has 0 aliphatic rings. The summed E-state index contributed by atoms with van der Waals surface area (Å²) in [5.41, 5.74) is 7.96. The van der Waals surface area contributed by atoms with Gasteiger partial charge in [0.15, 0.2) is 0 Å². The monoisotopic (exact) mass is 288 g/mol. The van der Waals surface area contributed by atoms with E-state index in [-0.39, 0.29) is 5.91 Å². The van der Waals surface area contributed by atoms with Crippen LogP contribution in [-0.2, 0) is 17.8 Å². The SMILES string of the molecule is N[C@H](Cc1ccccc1)C(=O)NCc1ccc(Cl)cc1. The Morgan fingerprint density at radius 3 is 2.35 bits per heavy atom. The van der Waals surface area contributed by atoms with Gasteiger partial charge in [-0.15, -0.1) is 0 Å². The number of carbonyl (C=O) groups excluding carboxylic acids is 1. The van der Waals surface area contributed by atoms with Crippen molar-refractivity contribution in [1.82, 2.24) is 5.32 Å². The maximum Gasteiger partial charge on any atom is 0.237 e. The number of halogens is 1. The minimum absolute atomic E-state index is 0.149. The number of carbonyl (C=O) groups is 1. The normalized spacial score (nSPS) is 11.9. The zero-order valence-corrected chi connectivity index (χ0v) is 11.8. The van der Waals surface area contributed by atoms with Crippen LogP contribution in [0.1, 0.15) is 11.1 Å². The van der Waals surface area contributed by atoms with E-state index in [1.807, 2.05) is 42.5 Å². The van der Waals surface area contributed by atoms with E-state index in [4.69, 9.17) is 17.3 Å². The zero-order valence-electron chi connectivity index (χ0n) is 11.1. The van der Waals surface area contributed by atoms with Crippen LogP contribution in [0.5, 0.6) is 0 Å². The maximum absolute atomic E-state index is 11.9. The summed E-state index contributed by atoms with van der Waals surface area (Å²) in [5, 5.41) is 3.51. The topological polar surface area (TPSA) is 55.1 Å². The molecule has 0 bridgehead atoms. The summed E-state index contributed by atoms with van der Waals surface area (Å²) in [6.07, 6.45) is 0.535. The van der Waals surface area contributed by atoms with Crippen molar-refractivity contribution in [2.45, 2.75) is 19.0 Å². The summed E-state index contributed by atoms with van der Waals surface area (Å²) >= 11 is 5.81. The van der Waals surface area contributed by atoms with Crippen molar-refractivity contribution >= 4 is 17.5 Å². The van der Waals surface area contributed by atoms with Gasteiger partial charge in [-0.05, 0) is 29.7 Å². The second-order valence-electron chi connectivity index (χ2n) is 4.64. The number of nitrogens with two attached hydrogens (primary N) is 1. The molecule has 1 atom stereocenters. The minimum Gasteiger partial charge on any atom is -0.351 e. The number of hydrogen-bond donors (Lipinski definition) is 2. The van der Waals surface area contributed by atoms with Crippen LogP contribution in [-0.4, -0.2) is 11.9 Å². The van der Waals surface area contributed by atoms with E-state index in [9.17, 15) is 4.79 Å². The smallest absolute Gasteiger partial charge is 0.237 e. The van der Waals surface area contributed by atoms with Gasteiger partial charge in [0.05, 0.1) is 6.04 Å². The fraction of sp³-hybridized carbons (Fsp3) is 0.188. The molecule has 1 amide bonds. The first-order valence-electron chi connectivity index (χ1n) is 6.47. The molecular weight excluding hydrogens is 272 g/mol. The summed E-state index contributed by atoms with van der Waals surface area (Å²) < 4.78 is 0. The molecule has 0 saturated carbocycles. The molecule has 0 radical (unpaired) electrons. The average Bonchev–Trinajstić information content (AvgIpc) is 2.47. The molecular formula is C16H17ClN2O. The first kappa shape index (κ1) is 14.6. The third kappa shape index (κ3) is 4.37. The molecule has 2 aromatic rings. The summed E-state index contributed by atoms with van der Waals surface area (Å²) in [6.45, 7) is 0.457. The Labute approximate surface area is 123 Å². The summed E-state index contributed by atoms with van der Waals surface area (Å²) in [5.74, 6) is -0.149. The fourth-order valence-corrected chi connectivity index (χ4v) is 2.01. The molecule has 4 heteroatoms. The summed E-state index contributed by atoms with van der Waals surface area (Å²) in [7, 11) is 0. The zero-order chi connectivity index (χ0) is 14.4. The van der Waals surface area contributed by atoms with Gasteiger partial charge in [-0.25, -0.2) is 0 Å². The largest absolute Gasteiger partial charge is 0.351 e. The van der Waals surface area contributed by atoms with Crippen LogP contribution in [0.2, 0.25) is 5.02 Å². The lowest BCUT2D eigenvalue weighted by Crippen LogP contribution is -2.41. The molecule has 0 aliphatic heterocycles. The predicted molar refractivity (Wildman–Crippen MR) is 81.4 cm³/mol. The standard InChI is InChI=1S/C16H17ClN2O/c17-14-8-6-13(7-9-14)11-19-16(20)15(18)10-12-4-2-1-3-5-12/h1-9,15H,10-11,18H2,(H,19,20)/t15-/m1/s1. The molecule has 0 fully saturated rings. The van der Waals surface area contributed by atoms with Gasteiger partial charge in [-0.3, -0.25) is 4.79 Å². The Balaban J connectivity index is 1.83. The Kier molecular flexibility index (Phi) is 5.16. The quantitative estimate of drug-likeness (QED) is 0.888. The molecule has 2 rings (SSSR count). The molecule has 0 saturated heterocycles. The van der Waals surface area contributed by atoms with Gasteiger partial charge < -0.3 is 11.1 Å². The number of nitrogens with one attached hydrogen (secondary N) is 1. The van der Waals surface area contributed by atoms with Crippen LogP contribution >= 0.6 is 11.6 Å². The molecule has 3 N–H and O–H groups in total. The molecule has 2 aromatic carbocycles. The molecule has 0 aromatic heterocycles.